The summed E-state index contributed by atoms with van der Waals surface area (Å²) in [5.41, 5.74) is 1.42. The first-order valence-corrected chi connectivity index (χ1v) is 8.55. The number of nitrogens with one attached hydrogen (secondary N) is 2. The number of amides is 1. The molecule has 122 valence electrons. The van der Waals surface area contributed by atoms with E-state index in [2.05, 4.69) is 28.6 Å². The maximum atomic E-state index is 12.9. The summed E-state index contributed by atoms with van der Waals surface area (Å²) in [4.78, 5) is 17.4. The van der Waals surface area contributed by atoms with Crippen LogP contribution in [0.25, 0.3) is 21.7 Å². The van der Waals surface area contributed by atoms with E-state index >= 15 is 0 Å². The lowest BCUT2D eigenvalue weighted by atomic mass is 9.97. The van der Waals surface area contributed by atoms with Crippen molar-refractivity contribution < 1.29 is 4.79 Å². The van der Waals surface area contributed by atoms with Crippen molar-refractivity contribution in [3.05, 3.63) is 54.2 Å². The Labute approximate surface area is 141 Å². The highest BCUT2D eigenvalue weighted by Gasteiger charge is 2.24. The Morgan fingerprint density at radius 3 is 2.92 bits per heavy atom. The Balaban J connectivity index is 1.78. The molecule has 1 aliphatic rings. The largest absolute Gasteiger partial charge is 0.348 e. The Morgan fingerprint density at radius 1 is 1.21 bits per heavy atom. The second-order valence-electron chi connectivity index (χ2n) is 6.51. The molecule has 2 N–H and O–H groups in total. The molecule has 2 aromatic carbocycles. The van der Waals surface area contributed by atoms with Gasteiger partial charge in [-0.2, -0.15) is 0 Å². The molecular weight excluding hydrogens is 298 g/mol. The summed E-state index contributed by atoms with van der Waals surface area (Å²) in [5, 5.41) is 9.85. The first-order valence-electron chi connectivity index (χ1n) is 8.55. The molecule has 1 saturated heterocycles. The number of rotatable bonds is 2. The van der Waals surface area contributed by atoms with Crippen LogP contribution in [0.2, 0.25) is 0 Å². The molecule has 2 atom stereocenters. The zero-order valence-corrected chi connectivity index (χ0v) is 13.8. The van der Waals surface area contributed by atoms with Gasteiger partial charge in [0.1, 0.15) is 0 Å². The second-order valence-corrected chi connectivity index (χ2v) is 6.51. The Bertz CT molecular complexity index is 906. The Kier molecular flexibility index (Phi) is 3.90. The lowest BCUT2D eigenvalue weighted by molar-refractivity contribution is 0.0921. The molecule has 0 spiro atoms. The van der Waals surface area contributed by atoms with Crippen molar-refractivity contribution in [2.24, 2.45) is 0 Å². The summed E-state index contributed by atoms with van der Waals surface area (Å²) < 4.78 is 0. The van der Waals surface area contributed by atoms with Gasteiger partial charge in [0, 0.05) is 23.7 Å². The summed E-state index contributed by atoms with van der Waals surface area (Å²) in [6, 6.07) is 14.5. The number of piperidine rings is 1. The van der Waals surface area contributed by atoms with Gasteiger partial charge in [0.15, 0.2) is 0 Å². The van der Waals surface area contributed by atoms with Gasteiger partial charge < -0.3 is 10.6 Å². The zero-order chi connectivity index (χ0) is 16.5. The maximum Gasteiger partial charge on any atom is 0.253 e. The van der Waals surface area contributed by atoms with Crippen molar-refractivity contribution >= 4 is 27.6 Å². The van der Waals surface area contributed by atoms with Crippen LogP contribution in [0, 0.1) is 0 Å². The van der Waals surface area contributed by atoms with E-state index in [-0.39, 0.29) is 11.9 Å². The third kappa shape index (κ3) is 2.63. The van der Waals surface area contributed by atoms with E-state index in [9.17, 15) is 4.79 Å². The Hall–Kier alpha value is -2.46. The maximum absolute atomic E-state index is 12.9. The number of benzene rings is 2. The molecule has 4 heteroatoms. The fourth-order valence-electron chi connectivity index (χ4n) is 3.59. The van der Waals surface area contributed by atoms with Crippen LogP contribution < -0.4 is 10.6 Å². The molecule has 1 aromatic heterocycles. The van der Waals surface area contributed by atoms with Crippen molar-refractivity contribution in [2.75, 3.05) is 6.54 Å². The van der Waals surface area contributed by atoms with Gasteiger partial charge in [-0.3, -0.25) is 9.78 Å². The van der Waals surface area contributed by atoms with E-state index in [0.717, 1.165) is 41.1 Å². The number of fused-ring (bicyclic) bond motifs is 3. The molecule has 2 unspecified atom stereocenters. The van der Waals surface area contributed by atoms with E-state index in [4.69, 9.17) is 0 Å². The second kappa shape index (κ2) is 6.21. The van der Waals surface area contributed by atoms with Crippen LogP contribution in [0.1, 0.15) is 30.1 Å². The molecule has 4 nitrogen and oxygen atoms in total. The van der Waals surface area contributed by atoms with Gasteiger partial charge in [-0.25, -0.2) is 0 Å². The van der Waals surface area contributed by atoms with Gasteiger partial charge >= 0.3 is 0 Å². The third-order valence-electron chi connectivity index (χ3n) is 4.94. The number of carbonyl (C=O) groups excluding carboxylic acids is 1. The van der Waals surface area contributed by atoms with Crippen molar-refractivity contribution in [1.82, 2.24) is 15.6 Å². The number of aromatic nitrogens is 1. The standard InChI is InChI=1S/C20H21N3O/c1-13-18(9-5-10-21-13)23-20(24)17-12-14-6-2-3-7-15(14)16-8-4-11-22-19(16)17/h2-4,6-8,11-13,18,21H,5,9-10H2,1H3,(H,23,24). The highest BCUT2D eigenvalue weighted by molar-refractivity contribution is 6.15. The SMILES string of the molecule is CC1NCCCC1NC(=O)c1cc2ccccc2c2cccnc12. The van der Waals surface area contributed by atoms with Crippen molar-refractivity contribution in [2.45, 2.75) is 31.8 Å². The van der Waals surface area contributed by atoms with Crippen LogP contribution in [0.5, 0.6) is 0 Å². The summed E-state index contributed by atoms with van der Waals surface area (Å²) in [5.74, 6) is -0.0370. The molecule has 2 heterocycles. The lowest BCUT2D eigenvalue weighted by Crippen LogP contribution is -2.51. The number of hydrogen-bond acceptors (Lipinski definition) is 3. The molecule has 24 heavy (non-hydrogen) atoms. The summed E-state index contributed by atoms with van der Waals surface area (Å²) in [7, 11) is 0. The van der Waals surface area contributed by atoms with Crippen molar-refractivity contribution in [1.29, 1.82) is 0 Å². The van der Waals surface area contributed by atoms with Crippen LogP contribution in [-0.2, 0) is 0 Å². The van der Waals surface area contributed by atoms with Crippen LogP contribution in [-0.4, -0.2) is 29.5 Å². The Morgan fingerprint density at radius 2 is 2.04 bits per heavy atom. The van der Waals surface area contributed by atoms with Gasteiger partial charge in [-0.05, 0) is 49.2 Å². The summed E-state index contributed by atoms with van der Waals surface area (Å²) in [6.07, 6.45) is 3.85. The van der Waals surface area contributed by atoms with E-state index in [1.807, 2.05) is 36.4 Å². The highest BCUT2D eigenvalue weighted by Crippen LogP contribution is 2.27. The molecule has 3 aromatic rings. The van der Waals surface area contributed by atoms with Crippen LogP contribution in [0.4, 0.5) is 0 Å². The average molecular weight is 319 g/mol. The van der Waals surface area contributed by atoms with Crippen molar-refractivity contribution in [3.8, 4) is 0 Å². The minimum atomic E-state index is -0.0370. The lowest BCUT2D eigenvalue weighted by Gasteiger charge is -2.30. The molecule has 0 aliphatic carbocycles. The van der Waals surface area contributed by atoms with E-state index in [0.29, 0.717) is 11.6 Å². The molecule has 0 saturated carbocycles. The van der Waals surface area contributed by atoms with Gasteiger partial charge in [0.05, 0.1) is 11.1 Å². The van der Waals surface area contributed by atoms with Crippen molar-refractivity contribution in [3.63, 3.8) is 0 Å². The monoisotopic (exact) mass is 319 g/mol. The number of hydrogen-bond donors (Lipinski definition) is 2. The van der Waals surface area contributed by atoms with E-state index in [1.54, 1.807) is 6.20 Å². The fourth-order valence-corrected chi connectivity index (χ4v) is 3.59. The number of carbonyl (C=O) groups is 1. The van der Waals surface area contributed by atoms with Crippen LogP contribution in [0.15, 0.2) is 48.7 Å². The predicted octanol–water partition coefficient (Wildman–Crippen LogP) is 3.26. The molecule has 1 aliphatic heterocycles. The number of pyridine rings is 1. The first-order chi connectivity index (χ1) is 11.7. The van der Waals surface area contributed by atoms with Crippen LogP contribution >= 0.6 is 0 Å². The molecule has 4 rings (SSSR count). The summed E-state index contributed by atoms with van der Waals surface area (Å²) >= 11 is 0. The first kappa shape index (κ1) is 15.1. The fraction of sp³-hybridized carbons (Fsp3) is 0.300. The molecule has 0 bridgehead atoms. The molecule has 1 amide bonds. The molecular formula is C20H21N3O. The quantitative estimate of drug-likeness (QED) is 0.713. The van der Waals surface area contributed by atoms with Gasteiger partial charge in [0.2, 0.25) is 0 Å². The number of nitrogens with zero attached hydrogens (tertiary/aromatic N) is 1. The highest BCUT2D eigenvalue weighted by atomic mass is 16.1. The van der Waals surface area contributed by atoms with Gasteiger partial charge in [-0.15, -0.1) is 0 Å². The smallest absolute Gasteiger partial charge is 0.253 e. The topological polar surface area (TPSA) is 54.0 Å². The molecule has 0 radical (unpaired) electrons. The van der Waals surface area contributed by atoms with Gasteiger partial charge in [0.25, 0.3) is 5.91 Å². The minimum absolute atomic E-state index is 0.0370. The predicted molar refractivity (Wildman–Crippen MR) is 97.2 cm³/mol. The average Bonchev–Trinajstić information content (AvgIpc) is 2.63. The third-order valence-corrected chi connectivity index (χ3v) is 4.94. The zero-order valence-electron chi connectivity index (χ0n) is 13.8. The summed E-state index contributed by atoms with van der Waals surface area (Å²) in [6.45, 7) is 3.15. The normalized spacial score (nSPS) is 21.0. The van der Waals surface area contributed by atoms with E-state index in [1.165, 1.54) is 0 Å². The molecule has 1 fully saturated rings. The van der Waals surface area contributed by atoms with Crippen LogP contribution in [0.3, 0.4) is 0 Å². The van der Waals surface area contributed by atoms with E-state index < -0.39 is 0 Å². The van der Waals surface area contributed by atoms with Gasteiger partial charge in [-0.1, -0.05) is 30.3 Å². The minimum Gasteiger partial charge on any atom is -0.348 e.